The fourth-order valence-electron chi connectivity index (χ4n) is 4.87. The lowest BCUT2D eigenvalue weighted by Crippen LogP contribution is -2.75. The first-order valence-corrected chi connectivity index (χ1v) is 11.5. The van der Waals surface area contributed by atoms with Gasteiger partial charge in [0.2, 0.25) is 15.9 Å². The summed E-state index contributed by atoms with van der Waals surface area (Å²) in [6.07, 6.45) is 0.562. The van der Waals surface area contributed by atoms with E-state index in [1.54, 1.807) is 9.80 Å². The van der Waals surface area contributed by atoms with Gasteiger partial charge < -0.3 is 19.9 Å². The maximum atomic E-state index is 13.9. The Labute approximate surface area is 178 Å². The molecule has 0 radical (unpaired) electrons. The number of nitrogens with zero attached hydrogens (tertiary/aromatic N) is 3. The summed E-state index contributed by atoms with van der Waals surface area (Å²) in [6.45, 7) is 2.15. The van der Waals surface area contributed by atoms with E-state index in [2.05, 4.69) is 5.32 Å². The van der Waals surface area contributed by atoms with Crippen molar-refractivity contribution in [3.05, 3.63) is 29.8 Å². The maximum absolute atomic E-state index is 13.9. The Kier molecular flexibility index (Phi) is 4.72. The number of hydrogen-bond donors (Lipinski definition) is 1. The number of rotatable bonds is 2. The van der Waals surface area contributed by atoms with Gasteiger partial charge in [-0.3, -0.25) is 4.79 Å². The van der Waals surface area contributed by atoms with E-state index in [1.165, 1.54) is 0 Å². The highest BCUT2D eigenvalue weighted by molar-refractivity contribution is 7.89. The molecule has 3 amide bonds. The van der Waals surface area contributed by atoms with Crippen LogP contribution >= 0.6 is 0 Å². The molecule has 0 aliphatic carbocycles. The van der Waals surface area contributed by atoms with Crippen molar-refractivity contribution in [2.75, 3.05) is 45.9 Å². The average molecular weight is 456 g/mol. The monoisotopic (exact) mass is 456 g/mol. The number of carbonyl (C=O) groups is 2. The van der Waals surface area contributed by atoms with Crippen molar-refractivity contribution >= 4 is 22.0 Å². The molecule has 4 heterocycles. The number of urea groups is 1. The summed E-state index contributed by atoms with van der Waals surface area (Å²) >= 11 is 0. The number of piperidine rings is 1. The number of ether oxygens (including phenoxy) is 1. The van der Waals surface area contributed by atoms with E-state index in [4.69, 9.17) is 4.74 Å². The second-order valence-corrected chi connectivity index (χ2v) is 10.7. The number of morpholine rings is 1. The van der Waals surface area contributed by atoms with Gasteiger partial charge in [-0.2, -0.15) is 4.31 Å². The van der Waals surface area contributed by atoms with E-state index in [9.17, 15) is 26.8 Å². The second-order valence-electron chi connectivity index (χ2n) is 8.74. The number of carbonyl (C=O) groups excluding carboxylic acids is 2. The molecule has 1 N–H and O–H groups in total. The van der Waals surface area contributed by atoms with Gasteiger partial charge in [-0.05, 0) is 18.6 Å². The topological polar surface area (TPSA) is 99.3 Å². The van der Waals surface area contributed by atoms with Gasteiger partial charge in [-0.1, -0.05) is 0 Å². The van der Waals surface area contributed by atoms with Crippen LogP contribution in [0.25, 0.3) is 0 Å². The van der Waals surface area contributed by atoms with Crippen LogP contribution in [-0.4, -0.2) is 92.5 Å². The first-order chi connectivity index (χ1) is 14.7. The molecule has 4 aliphatic heterocycles. The van der Waals surface area contributed by atoms with Crippen LogP contribution in [-0.2, 0) is 19.6 Å². The number of fused-ring (bicyclic) bond motifs is 1. The molecule has 0 unspecified atom stereocenters. The van der Waals surface area contributed by atoms with Crippen LogP contribution in [0.15, 0.2) is 23.1 Å². The number of likely N-dealkylation sites (tertiary alicyclic amines) is 2. The minimum Gasteiger partial charge on any atom is -0.366 e. The zero-order valence-electron chi connectivity index (χ0n) is 16.6. The molecule has 0 aromatic heterocycles. The predicted octanol–water partition coefficient (Wildman–Crippen LogP) is -0.0196. The Bertz CT molecular complexity index is 1040. The molecule has 9 nitrogen and oxygen atoms in total. The molecule has 0 saturated carbocycles. The van der Waals surface area contributed by atoms with Crippen molar-refractivity contribution in [1.82, 2.24) is 19.4 Å². The zero-order valence-corrected chi connectivity index (χ0v) is 17.4. The molecule has 0 bridgehead atoms. The van der Waals surface area contributed by atoms with Crippen molar-refractivity contribution in [1.29, 1.82) is 0 Å². The third kappa shape index (κ3) is 3.46. The molecular formula is C19H22F2N4O5S. The van der Waals surface area contributed by atoms with E-state index in [0.717, 1.165) is 16.4 Å². The highest BCUT2D eigenvalue weighted by Crippen LogP contribution is 2.43. The molecule has 1 spiro atoms. The lowest BCUT2D eigenvalue weighted by Gasteiger charge is -2.60. The van der Waals surface area contributed by atoms with Gasteiger partial charge >= 0.3 is 6.03 Å². The number of amides is 3. The van der Waals surface area contributed by atoms with E-state index < -0.39 is 26.6 Å². The standard InChI is InChI=1S/C19H22F2N4O5S/c20-12-1-2-16(13(21)5-12)31(28,29)25-10-19(11-25)8-24(9-19)18(27)23-4-3-15-14(6-23)22-17(26)7-30-15/h1-2,5,14-15H,3-4,6-11H2,(H,22,26)/t14-,15+/m1/s1. The summed E-state index contributed by atoms with van der Waals surface area (Å²) in [6, 6.07) is 2.03. The summed E-state index contributed by atoms with van der Waals surface area (Å²) < 4.78 is 58.9. The van der Waals surface area contributed by atoms with Gasteiger partial charge in [-0.15, -0.1) is 0 Å². The Morgan fingerprint density at radius 2 is 1.90 bits per heavy atom. The SMILES string of the molecule is O=C1CO[C@H]2CCN(C(=O)N3CC4(C3)CN(S(=O)(=O)c3ccc(F)cc3F)C4)C[C@H]2N1. The Morgan fingerprint density at radius 3 is 2.61 bits per heavy atom. The fraction of sp³-hybridized carbons (Fsp3) is 0.579. The van der Waals surface area contributed by atoms with Crippen LogP contribution < -0.4 is 5.32 Å². The third-order valence-electron chi connectivity index (χ3n) is 6.45. The lowest BCUT2D eigenvalue weighted by molar-refractivity contribution is -0.140. The molecule has 12 heteroatoms. The predicted molar refractivity (Wildman–Crippen MR) is 102 cm³/mol. The van der Waals surface area contributed by atoms with Crippen LogP contribution in [0.2, 0.25) is 0 Å². The summed E-state index contributed by atoms with van der Waals surface area (Å²) in [4.78, 5) is 27.2. The Balaban J connectivity index is 1.16. The van der Waals surface area contributed by atoms with Crippen molar-refractivity contribution in [3.63, 3.8) is 0 Å². The average Bonchev–Trinajstić information content (AvgIpc) is 2.64. The Hall–Kier alpha value is -2.31. The number of halogens is 2. The second kappa shape index (κ2) is 7.10. The van der Waals surface area contributed by atoms with E-state index >= 15 is 0 Å². The highest BCUT2D eigenvalue weighted by Gasteiger charge is 2.57. The van der Waals surface area contributed by atoms with Gasteiger partial charge in [0.05, 0.1) is 12.1 Å². The number of hydrogen-bond acceptors (Lipinski definition) is 5. The quantitative estimate of drug-likeness (QED) is 0.675. The molecule has 4 fully saturated rings. The molecule has 4 aliphatic rings. The summed E-state index contributed by atoms with van der Waals surface area (Å²) in [5.74, 6) is -2.14. The number of nitrogens with one attached hydrogen (secondary N) is 1. The first kappa shape index (κ1) is 20.6. The molecule has 5 rings (SSSR count). The van der Waals surface area contributed by atoms with Gasteiger partial charge in [0.25, 0.3) is 0 Å². The van der Waals surface area contributed by atoms with Crippen LogP contribution in [0.5, 0.6) is 0 Å². The first-order valence-electron chi connectivity index (χ1n) is 10.1. The van der Waals surface area contributed by atoms with E-state index in [0.29, 0.717) is 38.7 Å². The minimum atomic E-state index is -4.05. The largest absolute Gasteiger partial charge is 0.366 e. The van der Waals surface area contributed by atoms with Crippen molar-refractivity contribution < 1.29 is 31.5 Å². The van der Waals surface area contributed by atoms with Crippen LogP contribution in [0, 0.1) is 17.0 Å². The van der Waals surface area contributed by atoms with Gasteiger partial charge in [0, 0.05) is 50.7 Å². The summed E-state index contributed by atoms with van der Waals surface area (Å²) in [7, 11) is -4.05. The third-order valence-corrected chi connectivity index (χ3v) is 8.28. The maximum Gasteiger partial charge on any atom is 0.320 e. The summed E-state index contributed by atoms with van der Waals surface area (Å²) in [5, 5.41) is 2.86. The molecule has 31 heavy (non-hydrogen) atoms. The van der Waals surface area contributed by atoms with Crippen molar-refractivity contribution in [2.45, 2.75) is 23.5 Å². The summed E-state index contributed by atoms with van der Waals surface area (Å²) in [5.41, 5.74) is -0.334. The molecule has 1 aromatic carbocycles. The smallest absolute Gasteiger partial charge is 0.320 e. The van der Waals surface area contributed by atoms with Crippen LogP contribution in [0.4, 0.5) is 13.6 Å². The van der Waals surface area contributed by atoms with Gasteiger partial charge in [-0.25, -0.2) is 22.0 Å². The van der Waals surface area contributed by atoms with Crippen LogP contribution in [0.1, 0.15) is 6.42 Å². The fourth-order valence-corrected chi connectivity index (χ4v) is 6.58. The lowest BCUT2D eigenvalue weighted by atomic mass is 9.74. The molecule has 2 atom stereocenters. The molecule has 1 aromatic rings. The van der Waals surface area contributed by atoms with Crippen LogP contribution in [0.3, 0.4) is 0 Å². The number of sulfonamides is 1. The van der Waals surface area contributed by atoms with Crippen molar-refractivity contribution in [3.8, 4) is 0 Å². The Morgan fingerprint density at radius 1 is 1.16 bits per heavy atom. The molecular weight excluding hydrogens is 434 g/mol. The van der Waals surface area contributed by atoms with E-state index in [1.807, 2.05) is 0 Å². The highest BCUT2D eigenvalue weighted by atomic mass is 32.2. The van der Waals surface area contributed by atoms with Gasteiger partial charge in [0.15, 0.2) is 0 Å². The van der Waals surface area contributed by atoms with Gasteiger partial charge in [0.1, 0.15) is 23.1 Å². The number of benzene rings is 1. The molecule has 168 valence electrons. The zero-order chi connectivity index (χ0) is 22.0. The molecule has 4 saturated heterocycles. The van der Waals surface area contributed by atoms with E-state index in [-0.39, 0.29) is 49.2 Å². The minimum absolute atomic E-state index is 0.0466. The normalized spacial score (nSPS) is 27.9. The van der Waals surface area contributed by atoms with Crippen molar-refractivity contribution in [2.24, 2.45) is 5.41 Å².